The monoisotopic (exact) mass is 818 g/mol. The van der Waals surface area contributed by atoms with E-state index in [1.165, 1.54) is 0 Å². The molecule has 10 nitrogen and oxygen atoms in total. The Morgan fingerprint density at radius 3 is 2.39 bits per heavy atom. The third kappa shape index (κ3) is 7.92. The summed E-state index contributed by atoms with van der Waals surface area (Å²) in [5.41, 5.74) is -3.18. The molecule has 1 atom stereocenters. The summed E-state index contributed by atoms with van der Waals surface area (Å²) in [4.78, 5) is 35.4. The number of rotatable bonds is 9. The maximum Gasteiger partial charge on any atom is 0.344 e. The van der Waals surface area contributed by atoms with Crippen molar-refractivity contribution in [3.63, 3.8) is 0 Å². The van der Waals surface area contributed by atoms with Crippen LogP contribution in [0.15, 0.2) is 30.3 Å². The van der Waals surface area contributed by atoms with Gasteiger partial charge in [-0.3, -0.25) is 10.1 Å². The minimum Gasteiger partial charge on any atom is -0.746 e. The molecule has 0 aliphatic heterocycles. The van der Waals surface area contributed by atoms with Crippen LogP contribution in [0.5, 0.6) is 5.75 Å². The van der Waals surface area contributed by atoms with Crippen molar-refractivity contribution >= 4 is 95.5 Å². The molecule has 0 bridgehead atoms. The molecule has 0 aromatic heterocycles. The number of esters is 2. The van der Waals surface area contributed by atoms with Crippen LogP contribution in [0.3, 0.4) is 0 Å². The Morgan fingerprint density at radius 2 is 1.79 bits per heavy atom. The van der Waals surface area contributed by atoms with Crippen molar-refractivity contribution < 1.29 is 41.3 Å². The molecule has 2 aromatic carbocycles. The largest absolute Gasteiger partial charge is 0.746 e. The highest BCUT2D eigenvalue weighted by Crippen LogP contribution is 2.30. The second-order valence-electron chi connectivity index (χ2n) is 6.26. The average Bonchev–Trinajstić information content (AvgIpc) is 2.72. The molecule has 0 aliphatic rings. The Balaban J connectivity index is 2.18. The predicted molar refractivity (Wildman–Crippen MR) is 137 cm³/mol. The minimum atomic E-state index is -5.09. The van der Waals surface area contributed by atoms with Crippen LogP contribution >= 0.6 is 67.8 Å². The maximum absolute atomic E-state index is 13.1. The van der Waals surface area contributed by atoms with E-state index in [1.807, 2.05) is 73.8 Å². The van der Waals surface area contributed by atoms with E-state index in [4.69, 9.17) is 9.47 Å². The van der Waals surface area contributed by atoms with Gasteiger partial charge in [0.15, 0.2) is 5.50 Å². The summed E-state index contributed by atoms with van der Waals surface area (Å²) in [5.74, 6) is -2.32. The fourth-order valence-electron chi connectivity index (χ4n) is 2.37. The number of nitro groups is 1. The highest BCUT2D eigenvalue weighted by Gasteiger charge is 2.24. The molecular formula is C18H12FI3NO9S-. The van der Waals surface area contributed by atoms with Crippen molar-refractivity contribution in [3.05, 3.63) is 62.3 Å². The van der Waals surface area contributed by atoms with Gasteiger partial charge in [0, 0.05) is 22.8 Å². The molecule has 2 rings (SSSR count). The second-order valence-corrected chi connectivity index (χ2v) is 11.2. The van der Waals surface area contributed by atoms with Crippen LogP contribution in [0, 0.1) is 20.8 Å². The molecule has 0 N–H and O–H groups in total. The number of hydrogen-bond acceptors (Lipinski definition) is 9. The van der Waals surface area contributed by atoms with E-state index in [9.17, 15) is 37.1 Å². The summed E-state index contributed by atoms with van der Waals surface area (Å²) in [5, 5.41) is 11.3. The van der Waals surface area contributed by atoms with Gasteiger partial charge in [-0.05, 0) is 98.8 Å². The van der Waals surface area contributed by atoms with Crippen LogP contribution in [0.25, 0.3) is 0 Å². The van der Waals surface area contributed by atoms with Crippen molar-refractivity contribution in [1.82, 2.24) is 0 Å². The maximum atomic E-state index is 13.1. The number of carbonyl (C=O) groups is 2. The van der Waals surface area contributed by atoms with E-state index in [0.29, 0.717) is 3.57 Å². The van der Waals surface area contributed by atoms with Gasteiger partial charge >= 0.3 is 17.6 Å². The summed E-state index contributed by atoms with van der Waals surface area (Å²) < 4.78 is 56.9. The van der Waals surface area contributed by atoms with Gasteiger partial charge in [-0.1, -0.05) is 0 Å². The summed E-state index contributed by atoms with van der Waals surface area (Å²) in [6, 6.07) is 6.39. The first-order chi connectivity index (χ1) is 15.3. The summed E-state index contributed by atoms with van der Waals surface area (Å²) in [6.45, 7) is -0.403. The van der Waals surface area contributed by atoms with E-state index in [0.717, 1.165) is 25.3 Å². The number of hydrogen-bond donors (Lipinski definition) is 0. The molecule has 178 valence electrons. The zero-order valence-corrected chi connectivity index (χ0v) is 23.4. The highest BCUT2D eigenvalue weighted by atomic mass is 127. The van der Waals surface area contributed by atoms with Crippen molar-refractivity contribution in [2.24, 2.45) is 0 Å². The zero-order chi connectivity index (χ0) is 24.9. The lowest BCUT2D eigenvalue weighted by Gasteiger charge is -2.12. The quantitative estimate of drug-likeness (QED) is 0.0524. The van der Waals surface area contributed by atoms with E-state index in [-0.39, 0.29) is 17.5 Å². The van der Waals surface area contributed by atoms with Gasteiger partial charge in [0.1, 0.15) is 10.1 Å². The van der Waals surface area contributed by atoms with Gasteiger partial charge in [-0.25, -0.2) is 22.4 Å². The molecule has 15 heteroatoms. The molecule has 0 fully saturated rings. The van der Waals surface area contributed by atoms with Gasteiger partial charge in [-0.15, -0.1) is 0 Å². The van der Waals surface area contributed by atoms with Crippen LogP contribution in [-0.2, 0) is 14.9 Å². The molecule has 0 aliphatic carbocycles. The third-order valence-electron chi connectivity index (χ3n) is 3.93. The molecule has 0 spiro atoms. The molecule has 0 amide bonds. The van der Waals surface area contributed by atoms with E-state index >= 15 is 0 Å². The minimum absolute atomic E-state index is 0.184. The summed E-state index contributed by atoms with van der Waals surface area (Å²) in [6.07, 6.45) is -0.900. The van der Waals surface area contributed by atoms with E-state index in [2.05, 4.69) is 0 Å². The molecule has 0 saturated heterocycles. The SMILES string of the molecule is O=C(OCCCC(F)S(=O)(=O)[O-])c1ccc([N+](=O)[O-])c(OC(=O)c2cc(I)cc(I)c2I)c1. The Hall–Kier alpha value is -1.19. The number of carbonyl (C=O) groups excluding carboxylic acids is 2. The lowest BCUT2D eigenvalue weighted by molar-refractivity contribution is -0.385. The molecule has 1 unspecified atom stereocenters. The zero-order valence-electron chi connectivity index (χ0n) is 16.1. The number of ether oxygens (including phenoxy) is 2. The molecule has 0 heterocycles. The first-order valence-electron chi connectivity index (χ1n) is 8.72. The lowest BCUT2D eigenvalue weighted by Crippen LogP contribution is -2.16. The van der Waals surface area contributed by atoms with Crippen LogP contribution in [0.1, 0.15) is 33.6 Å². The highest BCUT2D eigenvalue weighted by molar-refractivity contribution is 14.1. The van der Waals surface area contributed by atoms with Crippen LogP contribution in [0.2, 0.25) is 0 Å². The van der Waals surface area contributed by atoms with Crippen molar-refractivity contribution in [2.75, 3.05) is 6.61 Å². The van der Waals surface area contributed by atoms with Gasteiger partial charge in [-0.2, -0.15) is 0 Å². The molecule has 0 radical (unpaired) electrons. The summed E-state index contributed by atoms with van der Waals surface area (Å²) >= 11 is 5.98. The molecular weight excluding hydrogens is 806 g/mol. The first kappa shape index (κ1) is 28.1. The van der Waals surface area contributed by atoms with E-state index < -0.39 is 56.9 Å². The van der Waals surface area contributed by atoms with Gasteiger partial charge < -0.3 is 14.0 Å². The average molecular weight is 818 g/mol. The molecule has 0 saturated carbocycles. The Labute approximate surface area is 227 Å². The van der Waals surface area contributed by atoms with Gasteiger partial charge in [0.25, 0.3) is 0 Å². The van der Waals surface area contributed by atoms with Gasteiger partial charge in [0.05, 0.1) is 22.7 Å². The number of nitro benzene ring substituents is 1. The number of halogens is 4. The van der Waals surface area contributed by atoms with Crippen molar-refractivity contribution in [1.29, 1.82) is 0 Å². The van der Waals surface area contributed by atoms with Crippen LogP contribution in [0.4, 0.5) is 10.1 Å². The Kier molecular flexibility index (Phi) is 10.2. The number of nitrogens with zero attached hydrogens (tertiary/aromatic N) is 1. The molecule has 33 heavy (non-hydrogen) atoms. The second kappa shape index (κ2) is 12.0. The fraction of sp³-hybridized carbons (Fsp3) is 0.222. The van der Waals surface area contributed by atoms with Gasteiger partial charge in [0.2, 0.25) is 5.75 Å². The Morgan fingerprint density at radius 1 is 1.12 bits per heavy atom. The smallest absolute Gasteiger partial charge is 0.344 e. The number of alkyl halides is 1. The van der Waals surface area contributed by atoms with Crippen molar-refractivity contribution in [2.45, 2.75) is 18.3 Å². The third-order valence-corrected chi connectivity index (χ3v) is 8.46. The Bertz CT molecular complexity index is 1210. The van der Waals surface area contributed by atoms with Crippen molar-refractivity contribution in [3.8, 4) is 5.75 Å². The van der Waals surface area contributed by atoms with Crippen LogP contribution < -0.4 is 4.74 Å². The first-order valence-corrected chi connectivity index (χ1v) is 13.4. The fourth-order valence-corrected chi connectivity index (χ4v) is 5.20. The van der Waals surface area contributed by atoms with Crippen LogP contribution in [-0.4, -0.2) is 41.9 Å². The number of benzene rings is 2. The predicted octanol–water partition coefficient (Wildman–Crippen LogP) is 4.41. The topological polar surface area (TPSA) is 153 Å². The summed E-state index contributed by atoms with van der Waals surface area (Å²) in [7, 11) is -5.09. The van der Waals surface area contributed by atoms with E-state index in [1.54, 1.807) is 6.07 Å². The lowest BCUT2D eigenvalue weighted by atomic mass is 10.2. The standard InChI is InChI=1S/C18H13FI3NO9S/c19-15(33(28,29)30)2-1-5-31-17(24)9-3-4-13(23(26)27)14(6-9)32-18(25)11-7-10(20)8-12(21)16(11)22/h3-4,6-8,15H,1-2,5H2,(H,28,29,30)/p-1. The normalized spacial score (nSPS) is 12.2. The molecule has 2 aromatic rings.